The fourth-order valence-electron chi connectivity index (χ4n) is 1.43. The van der Waals surface area contributed by atoms with Crippen LogP contribution in [-0.2, 0) is 0 Å². The first-order valence-electron chi connectivity index (χ1n) is 4.67. The van der Waals surface area contributed by atoms with Gasteiger partial charge in [0.2, 0.25) is 0 Å². The SMILES string of the molecule is Cc1nn(-c2cccc(Cl)c2)c(N)c1C. The number of aryl methyl sites for hydroxylation is 1. The molecule has 0 fully saturated rings. The smallest absolute Gasteiger partial charge is 0.130 e. The Morgan fingerprint density at radius 1 is 1.33 bits per heavy atom. The van der Waals surface area contributed by atoms with Gasteiger partial charge in [0.25, 0.3) is 0 Å². The zero-order chi connectivity index (χ0) is 11.0. The minimum absolute atomic E-state index is 0.662. The van der Waals surface area contributed by atoms with Crippen molar-refractivity contribution in [1.82, 2.24) is 9.78 Å². The summed E-state index contributed by atoms with van der Waals surface area (Å²) in [6, 6.07) is 7.46. The van der Waals surface area contributed by atoms with Gasteiger partial charge in [0, 0.05) is 10.6 Å². The summed E-state index contributed by atoms with van der Waals surface area (Å²) in [5.74, 6) is 0.662. The van der Waals surface area contributed by atoms with E-state index < -0.39 is 0 Å². The standard InChI is InChI=1S/C11H12ClN3/c1-7-8(2)14-15(11(7)13)10-5-3-4-9(12)6-10/h3-6H,13H2,1-2H3. The second kappa shape index (κ2) is 3.59. The van der Waals surface area contributed by atoms with Crippen LogP contribution in [0.3, 0.4) is 0 Å². The Bertz CT molecular complexity index is 503. The molecule has 0 atom stereocenters. The maximum atomic E-state index is 5.94. The Balaban J connectivity index is 2.59. The van der Waals surface area contributed by atoms with Gasteiger partial charge in [-0.1, -0.05) is 17.7 Å². The van der Waals surface area contributed by atoms with Gasteiger partial charge >= 0.3 is 0 Å². The number of aromatic nitrogens is 2. The highest BCUT2D eigenvalue weighted by Gasteiger charge is 2.09. The average molecular weight is 222 g/mol. The molecule has 3 nitrogen and oxygen atoms in total. The van der Waals surface area contributed by atoms with Crippen LogP contribution in [0, 0.1) is 13.8 Å². The Kier molecular flexibility index (Phi) is 2.40. The number of anilines is 1. The van der Waals surface area contributed by atoms with Crippen molar-refractivity contribution >= 4 is 17.4 Å². The lowest BCUT2D eigenvalue weighted by molar-refractivity contribution is 0.872. The largest absolute Gasteiger partial charge is 0.383 e. The van der Waals surface area contributed by atoms with E-state index in [1.807, 2.05) is 38.1 Å². The van der Waals surface area contributed by atoms with Gasteiger partial charge < -0.3 is 5.73 Å². The Labute approximate surface area is 93.5 Å². The molecule has 0 amide bonds. The Morgan fingerprint density at radius 3 is 2.60 bits per heavy atom. The summed E-state index contributed by atoms with van der Waals surface area (Å²) >= 11 is 5.91. The van der Waals surface area contributed by atoms with Crippen LogP contribution in [-0.4, -0.2) is 9.78 Å². The normalized spacial score (nSPS) is 10.6. The maximum Gasteiger partial charge on any atom is 0.130 e. The molecule has 4 heteroatoms. The second-order valence-corrected chi connectivity index (χ2v) is 3.92. The maximum absolute atomic E-state index is 5.94. The van der Waals surface area contributed by atoms with Crippen molar-refractivity contribution in [2.24, 2.45) is 0 Å². The van der Waals surface area contributed by atoms with Crippen molar-refractivity contribution in [2.75, 3.05) is 5.73 Å². The number of benzene rings is 1. The molecule has 0 aliphatic rings. The molecule has 0 radical (unpaired) electrons. The van der Waals surface area contributed by atoms with Crippen LogP contribution >= 0.6 is 11.6 Å². The third-order valence-corrected chi connectivity index (χ3v) is 2.69. The molecule has 0 saturated carbocycles. The molecule has 2 aromatic rings. The molecule has 0 unspecified atom stereocenters. The number of halogens is 1. The number of nitrogens with two attached hydrogens (primary N) is 1. The van der Waals surface area contributed by atoms with E-state index in [0.29, 0.717) is 10.8 Å². The van der Waals surface area contributed by atoms with E-state index in [1.54, 1.807) is 4.68 Å². The molecule has 2 rings (SSSR count). The van der Waals surface area contributed by atoms with Crippen LogP contribution < -0.4 is 5.73 Å². The third kappa shape index (κ3) is 1.70. The summed E-state index contributed by atoms with van der Waals surface area (Å²) in [4.78, 5) is 0. The van der Waals surface area contributed by atoms with Crippen molar-refractivity contribution in [3.63, 3.8) is 0 Å². The van der Waals surface area contributed by atoms with Gasteiger partial charge in [-0.3, -0.25) is 0 Å². The summed E-state index contributed by atoms with van der Waals surface area (Å²) in [5.41, 5.74) is 8.77. The molecule has 15 heavy (non-hydrogen) atoms. The molecular weight excluding hydrogens is 210 g/mol. The van der Waals surface area contributed by atoms with Gasteiger partial charge in [0.05, 0.1) is 11.4 Å². The molecule has 0 saturated heterocycles. The van der Waals surface area contributed by atoms with Gasteiger partial charge in [-0.05, 0) is 32.0 Å². The predicted molar refractivity (Wildman–Crippen MR) is 62.5 cm³/mol. The van der Waals surface area contributed by atoms with E-state index in [4.69, 9.17) is 17.3 Å². The van der Waals surface area contributed by atoms with Crippen molar-refractivity contribution in [3.8, 4) is 5.69 Å². The minimum Gasteiger partial charge on any atom is -0.383 e. The first-order chi connectivity index (χ1) is 7.09. The summed E-state index contributed by atoms with van der Waals surface area (Å²) in [5, 5.41) is 5.03. The number of hydrogen-bond donors (Lipinski definition) is 1. The highest BCUT2D eigenvalue weighted by molar-refractivity contribution is 6.30. The lowest BCUT2D eigenvalue weighted by Gasteiger charge is -2.04. The molecule has 0 aliphatic heterocycles. The zero-order valence-electron chi connectivity index (χ0n) is 8.66. The summed E-state index contributed by atoms with van der Waals surface area (Å²) in [7, 11) is 0. The molecular formula is C11H12ClN3. The molecule has 1 heterocycles. The van der Waals surface area contributed by atoms with E-state index in [1.165, 1.54) is 0 Å². The van der Waals surface area contributed by atoms with Gasteiger partial charge in [0.1, 0.15) is 5.82 Å². The second-order valence-electron chi connectivity index (χ2n) is 3.49. The van der Waals surface area contributed by atoms with Crippen LogP contribution in [0.25, 0.3) is 5.69 Å². The topological polar surface area (TPSA) is 43.8 Å². The minimum atomic E-state index is 0.662. The number of nitrogen functional groups attached to an aromatic ring is 1. The lowest BCUT2D eigenvalue weighted by Crippen LogP contribution is -2.02. The van der Waals surface area contributed by atoms with Gasteiger partial charge in [0.15, 0.2) is 0 Å². The summed E-state index contributed by atoms with van der Waals surface area (Å²) < 4.78 is 1.70. The monoisotopic (exact) mass is 221 g/mol. The van der Waals surface area contributed by atoms with Crippen molar-refractivity contribution < 1.29 is 0 Å². The third-order valence-electron chi connectivity index (χ3n) is 2.46. The fraction of sp³-hybridized carbons (Fsp3) is 0.182. The molecule has 0 bridgehead atoms. The molecule has 0 aliphatic carbocycles. The van der Waals surface area contributed by atoms with Crippen LogP contribution in [0.1, 0.15) is 11.3 Å². The van der Waals surface area contributed by atoms with E-state index in [9.17, 15) is 0 Å². The Morgan fingerprint density at radius 2 is 2.07 bits per heavy atom. The van der Waals surface area contributed by atoms with E-state index in [0.717, 1.165) is 16.9 Å². The van der Waals surface area contributed by atoms with Gasteiger partial charge in [-0.2, -0.15) is 5.10 Å². The molecule has 78 valence electrons. The zero-order valence-corrected chi connectivity index (χ0v) is 9.42. The highest BCUT2D eigenvalue weighted by atomic mass is 35.5. The quantitative estimate of drug-likeness (QED) is 0.805. The molecule has 1 aromatic carbocycles. The van der Waals surface area contributed by atoms with Crippen LogP contribution in [0.15, 0.2) is 24.3 Å². The predicted octanol–water partition coefficient (Wildman–Crippen LogP) is 2.72. The average Bonchev–Trinajstić information content (AvgIpc) is 2.46. The van der Waals surface area contributed by atoms with Gasteiger partial charge in [-0.15, -0.1) is 0 Å². The van der Waals surface area contributed by atoms with Crippen LogP contribution in [0.5, 0.6) is 0 Å². The number of rotatable bonds is 1. The first kappa shape index (κ1) is 10.1. The van der Waals surface area contributed by atoms with Crippen molar-refractivity contribution in [2.45, 2.75) is 13.8 Å². The molecule has 2 N–H and O–H groups in total. The highest BCUT2D eigenvalue weighted by Crippen LogP contribution is 2.21. The van der Waals surface area contributed by atoms with Crippen molar-refractivity contribution in [3.05, 3.63) is 40.5 Å². The molecule has 1 aromatic heterocycles. The lowest BCUT2D eigenvalue weighted by atomic mass is 10.3. The van der Waals surface area contributed by atoms with E-state index in [-0.39, 0.29) is 0 Å². The number of hydrogen-bond acceptors (Lipinski definition) is 2. The van der Waals surface area contributed by atoms with Crippen LogP contribution in [0.2, 0.25) is 5.02 Å². The summed E-state index contributed by atoms with van der Waals surface area (Å²) in [6.07, 6.45) is 0. The van der Waals surface area contributed by atoms with Crippen molar-refractivity contribution in [1.29, 1.82) is 0 Å². The first-order valence-corrected chi connectivity index (χ1v) is 5.05. The summed E-state index contributed by atoms with van der Waals surface area (Å²) in [6.45, 7) is 3.89. The fourth-order valence-corrected chi connectivity index (χ4v) is 1.61. The van der Waals surface area contributed by atoms with E-state index in [2.05, 4.69) is 5.10 Å². The van der Waals surface area contributed by atoms with Gasteiger partial charge in [-0.25, -0.2) is 4.68 Å². The Hall–Kier alpha value is -1.48. The van der Waals surface area contributed by atoms with Crippen LogP contribution in [0.4, 0.5) is 5.82 Å². The number of nitrogens with zero attached hydrogens (tertiary/aromatic N) is 2. The van der Waals surface area contributed by atoms with E-state index >= 15 is 0 Å². The molecule has 0 spiro atoms.